The highest BCUT2D eigenvalue weighted by atomic mass is 127. The van der Waals surface area contributed by atoms with Crippen molar-refractivity contribution in [1.82, 2.24) is 15.5 Å². The van der Waals surface area contributed by atoms with Crippen LogP contribution in [0.25, 0.3) is 0 Å². The van der Waals surface area contributed by atoms with Crippen LogP contribution in [0.1, 0.15) is 36.0 Å². The van der Waals surface area contributed by atoms with E-state index in [0.29, 0.717) is 29.6 Å². The van der Waals surface area contributed by atoms with Gasteiger partial charge in [-0.25, -0.2) is 0 Å². The Hall–Kier alpha value is -1.51. The maximum Gasteiger partial charge on any atom is 0.222 e. The molecule has 2 N–H and O–H groups in total. The van der Waals surface area contributed by atoms with E-state index in [0.717, 1.165) is 55.0 Å². The third kappa shape index (κ3) is 8.16. The molecule has 2 aromatic carbocycles. The molecule has 0 atom stereocenters. The first-order chi connectivity index (χ1) is 14.5. The number of rotatable bonds is 8. The van der Waals surface area contributed by atoms with Gasteiger partial charge >= 0.3 is 0 Å². The zero-order valence-electron chi connectivity index (χ0n) is 17.7. The van der Waals surface area contributed by atoms with Gasteiger partial charge in [-0.15, -0.1) is 24.0 Å². The number of likely N-dealkylation sites (tertiary alicyclic amines) is 1. The molecule has 1 saturated heterocycles. The molecule has 1 aliphatic rings. The number of nitrogens with zero attached hydrogens (tertiary/aromatic N) is 2. The topological polar surface area (TPSA) is 56.7 Å². The molecule has 1 heterocycles. The van der Waals surface area contributed by atoms with Crippen LogP contribution in [0.4, 0.5) is 0 Å². The minimum Gasteiger partial charge on any atom is -0.356 e. The number of carbonyl (C=O) groups excluding carboxylic acids is 1. The van der Waals surface area contributed by atoms with Gasteiger partial charge in [0.05, 0.1) is 0 Å². The molecule has 1 fully saturated rings. The zero-order valence-corrected chi connectivity index (χ0v) is 21.5. The first-order valence-electron chi connectivity index (χ1n) is 10.3. The lowest BCUT2D eigenvalue weighted by atomic mass is 10.1. The summed E-state index contributed by atoms with van der Waals surface area (Å²) in [7, 11) is 1.76. The molecule has 31 heavy (non-hydrogen) atoms. The summed E-state index contributed by atoms with van der Waals surface area (Å²) in [5.74, 6) is 1.01. The van der Waals surface area contributed by atoms with Crippen LogP contribution in [-0.2, 0) is 24.3 Å². The van der Waals surface area contributed by atoms with Gasteiger partial charge in [0.25, 0.3) is 0 Å². The molecule has 1 aliphatic heterocycles. The molecule has 0 spiro atoms. The molecular weight excluding hydrogens is 546 g/mol. The number of aliphatic imine (C=N–C) groups is 1. The van der Waals surface area contributed by atoms with Crippen LogP contribution in [0.3, 0.4) is 0 Å². The van der Waals surface area contributed by atoms with Gasteiger partial charge in [-0.05, 0) is 48.1 Å². The van der Waals surface area contributed by atoms with E-state index in [4.69, 9.17) is 23.2 Å². The van der Waals surface area contributed by atoms with Crippen LogP contribution >= 0.6 is 47.2 Å². The lowest BCUT2D eigenvalue weighted by Crippen LogP contribution is -2.37. The van der Waals surface area contributed by atoms with Crippen molar-refractivity contribution >= 4 is 59.0 Å². The lowest BCUT2D eigenvalue weighted by molar-refractivity contribution is -0.128. The van der Waals surface area contributed by atoms with Crippen LogP contribution in [0.2, 0.25) is 10.0 Å². The standard InChI is InChI=1S/C23H28Cl2N4O.HI/c1-26-23(27-11-3-7-19-9-10-20(24)14-21(19)25)28-15-17-5-2-6-18(13-17)16-29-12-4-8-22(29)30;/h2,5-6,9-10,13-14H,3-4,7-8,11-12,15-16H2,1H3,(H2,26,27,28);1H. The Morgan fingerprint density at radius 1 is 1.13 bits per heavy atom. The highest BCUT2D eigenvalue weighted by Crippen LogP contribution is 2.22. The largest absolute Gasteiger partial charge is 0.356 e. The molecule has 0 radical (unpaired) electrons. The van der Waals surface area contributed by atoms with Crippen molar-refractivity contribution in [3.8, 4) is 0 Å². The van der Waals surface area contributed by atoms with E-state index < -0.39 is 0 Å². The third-order valence-corrected chi connectivity index (χ3v) is 5.74. The molecule has 8 heteroatoms. The number of guanidine groups is 1. The highest BCUT2D eigenvalue weighted by Gasteiger charge is 2.19. The summed E-state index contributed by atoms with van der Waals surface area (Å²) < 4.78 is 0. The third-order valence-electron chi connectivity index (χ3n) is 5.15. The van der Waals surface area contributed by atoms with Gasteiger partial charge in [0.1, 0.15) is 0 Å². The second-order valence-corrected chi connectivity index (χ2v) is 8.27. The summed E-state index contributed by atoms with van der Waals surface area (Å²) in [6.07, 6.45) is 3.44. The summed E-state index contributed by atoms with van der Waals surface area (Å²) >= 11 is 12.2. The molecule has 0 bridgehead atoms. The molecular formula is C23H29Cl2IN4O. The molecule has 0 aliphatic carbocycles. The van der Waals surface area contributed by atoms with Crippen LogP contribution in [0, 0.1) is 0 Å². The maximum absolute atomic E-state index is 11.8. The van der Waals surface area contributed by atoms with Crippen molar-refractivity contribution in [1.29, 1.82) is 0 Å². The smallest absolute Gasteiger partial charge is 0.222 e. The zero-order chi connectivity index (χ0) is 21.3. The number of nitrogens with one attached hydrogen (secondary N) is 2. The second kappa shape index (κ2) is 13.1. The summed E-state index contributed by atoms with van der Waals surface area (Å²) in [4.78, 5) is 18.1. The molecule has 1 amide bonds. The predicted molar refractivity (Wildman–Crippen MR) is 139 cm³/mol. The van der Waals surface area contributed by atoms with Crippen molar-refractivity contribution in [3.05, 3.63) is 69.2 Å². The van der Waals surface area contributed by atoms with Gasteiger partial charge in [0, 0.05) is 49.7 Å². The maximum atomic E-state index is 11.8. The van der Waals surface area contributed by atoms with Crippen LogP contribution in [0.5, 0.6) is 0 Å². The second-order valence-electron chi connectivity index (χ2n) is 7.43. The van der Waals surface area contributed by atoms with Crippen LogP contribution in [-0.4, -0.2) is 36.9 Å². The molecule has 0 aromatic heterocycles. The summed E-state index contributed by atoms with van der Waals surface area (Å²) in [6, 6.07) is 14.0. The van der Waals surface area contributed by atoms with Gasteiger partial charge in [-0.2, -0.15) is 0 Å². The van der Waals surface area contributed by atoms with Gasteiger partial charge in [0.2, 0.25) is 5.91 Å². The number of hydrogen-bond donors (Lipinski definition) is 2. The van der Waals surface area contributed by atoms with E-state index in [9.17, 15) is 4.79 Å². The lowest BCUT2D eigenvalue weighted by Gasteiger charge is -2.16. The number of halogens is 3. The molecule has 168 valence electrons. The van der Waals surface area contributed by atoms with E-state index in [1.807, 2.05) is 23.1 Å². The van der Waals surface area contributed by atoms with Crippen molar-refractivity contribution < 1.29 is 4.79 Å². The fourth-order valence-electron chi connectivity index (χ4n) is 3.55. The van der Waals surface area contributed by atoms with Crippen molar-refractivity contribution in [3.63, 3.8) is 0 Å². The summed E-state index contributed by atoms with van der Waals surface area (Å²) in [6.45, 7) is 3.01. The Morgan fingerprint density at radius 2 is 1.94 bits per heavy atom. The average molecular weight is 575 g/mol. The van der Waals surface area contributed by atoms with Crippen molar-refractivity contribution in [2.75, 3.05) is 20.1 Å². The Kier molecular flexibility index (Phi) is 10.9. The van der Waals surface area contributed by atoms with E-state index >= 15 is 0 Å². The number of aryl methyl sites for hydroxylation is 1. The molecule has 2 aromatic rings. The number of hydrogen-bond acceptors (Lipinski definition) is 2. The van der Waals surface area contributed by atoms with E-state index in [-0.39, 0.29) is 29.9 Å². The fourth-order valence-corrected chi connectivity index (χ4v) is 4.05. The first-order valence-corrected chi connectivity index (χ1v) is 11.0. The van der Waals surface area contributed by atoms with Crippen LogP contribution < -0.4 is 10.6 Å². The first kappa shape index (κ1) is 25.7. The fraction of sp³-hybridized carbons (Fsp3) is 0.391. The predicted octanol–water partition coefficient (Wildman–Crippen LogP) is 5.03. The van der Waals surface area contributed by atoms with Crippen molar-refractivity contribution in [2.24, 2.45) is 4.99 Å². The minimum atomic E-state index is 0. The SMILES string of the molecule is CN=C(NCCCc1ccc(Cl)cc1Cl)NCc1cccc(CN2CCCC2=O)c1.I. The minimum absolute atomic E-state index is 0. The van der Waals surface area contributed by atoms with Gasteiger partial charge in [-0.3, -0.25) is 9.79 Å². The van der Waals surface area contributed by atoms with Gasteiger partial charge in [0.15, 0.2) is 5.96 Å². The molecule has 5 nitrogen and oxygen atoms in total. The summed E-state index contributed by atoms with van der Waals surface area (Å²) in [5, 5.41) is 8.05. The quantitative estimate of drug-likeness (QED) is 0.201. The van der Waals surface area contributed by atoms with Crippen LogP contribution in [0.15, 0.2) is 47.5 Å². The number of benzene rings is 2. The average Bonchev–Trinajstić information content (AvgIpc) is 3.13. The van der Waals surface area contributed by atoms with E-state index in [2.05, 4.69) is 33.8 Å². The van der Waals surface area contributed by atoms with E-state index in [1.165, 1.54) is 0 Å². The molecule has 3 rings (SSSR count). The Labute approximate surface area is 211 Å². The highest BCUT2D eigenvalue weighted by molar-refractivity contribution is 14.0. The van der Waals surface area contributed by atoms with Gasteiger partial charge < -0.3 is 15.5 Å². The Balaban J connectivity index is 0.00000341. The molecule has 0 unspecified atom stereocenters. The normalized spacial score (nSPS) is 13.8. The van der Waals surface area contributed by atoms with E-state index in [1.54, 1.807) is 13.1 Å². The number of carbonyl (C=O) groups is 1. The van der Waals surface area contributed by atoms with Gasteiger partial charge in [-0.1, -0.05) is 53.5 Å². The Bertz CT molecular complexity index is 907. The monoisotopic (exact) mass is 574 g/mol. The van der Waals surface area contributed by atoms with Crippen molar-refractivity contribution in [2.45, 2.75) is 38.8 Å². The number of amides is 1. The Morgan fingerprint density at radius 3 is 2.65 bits per heavy atom. The summed E-state index contributed by atoms with van der Waals surface area (Å²) in [5.41, 5.74) is 3.42. The molecule has 0 saturated carbocycles.